The first kappa shape index (κ1) is 14.4. The number of rotatable bonds is 4. The summed E-state index contributed by atoms with van der Waals surface area (Å²) in [6.45, 7) is -0.604. The second kappa shape index (κ2) is 6.32. The van der Waals surface area contributed by atoms with Gasteiger partial charge in [-0.1, -0.05) is 11.6 Å². The monoisotopic (exact) mass is 275 g/mol. The molecule has 0 aliphatic carbocycles. The third kappa shape index (κ3) is 3.41. The first-order valence-electron chi connectivity index (χ1n) is 4.94. The predicted molar refractivity (Wildman–Crippen MR) is 61.8 cm³/mol. The highest BCUT2D eigenvalue weighted by atomic mass is 35.5. The smallest absolute Gasteiger partial charge is 0.330 e. The summed E-state index contributed by atoms with van der Waals surface area (Å²) in [6, 6.07) is 2.19. The molecule has 1 atom stereocenters. The fraction of sp³-hybridized carbons (Fsp3) is 0.273. The molecule has 0 radical (unpaired) electrons. The summed E-state index contributed by atoms with van der Waals surface area (Å²) in [6.07, 6.45) is 0. The van der Waals surface area contributed by atoms with Crippen molar-refractivity contribution >= 4 is 23.5 Å². The number of benzene rings is 1. The number of methoxy groups -OCH3 is 1. The lowest BCUT2D eigenvalue weighted by Crippen LogP contribution is -2.44. The van der Waals surface area contributed by atoms with E-state index in [2.05, 4.69) is 10.1 Å². The Hall–Kier alpha value is -1.66. The number of esters is 1. The second-order valence-corrected chi connectivity index (χ2v) is 3.77. The average Bonchev–Trinajstić information content (AvgIpc) is 2.37. The summed E-state index contributed by atoms with van der Waals surface area (Å²) >= 11 is 5.52. The highest BCUT2D eigenvalue weighted by Crippen LogP contribution is 2.15. The van der Waals surface area contributed by atoms with E-state index in [4.69, 9.17) is 16.7 Å². The Morgan fingerprint density at radius 3 is 2.72 bits per heavy atom. The van der Waals surface area contributed by atoms with Crippen LogP contribution in [-0.4, -0.2) is 36.7 Å². The lowest BCUT2D eigenvalue weighted by molar-refractivity contribution is -0.143. The fourth-order valence-corrected chi connectivity index (χ4v) is 1.38. The summed E-state index contributed by atoms with van der Waals surface area (Å²) in [5.41, 5.74) is 0.0729. The molecule has 0 aromatic heterocycles. The van der Waals surface area contributed by atoms with Crippen molar-refractivity contribution in [2.75, 3.05) is 13.7 Å². The molecule has 5 nitrogen and oxygen atoms in total. The van der Waals surface area contributed by atoms with Gasteiger partial charge in [-0.2, -0.15) is 0 Å². The Kier molecular flexibility index (Phi) is 5.06. The molecule has 0 bridgehead atoms. The Morgan fingerprint density at radius 2 is 2.22 bits per heavy atom. The van der Waals surface area contributed by atoms with Gasteiger partial charge in [-0.15, -0.1) is 0 Å². The zero-order valence-electron chi connectivity index (χ0n) is 9.44. The number of hydrogen-bond acceptors (Lipinski definition) is 4. The van der Waals surface area contributed by atoms with Crippen LogP contribution in [0.1, 0.15) is 10.4 Å². The number of carbonyl (C=O) groups is 2. The van der Waals surface area contributed by atoms with Crippen molar-refractivity contribution in [3.8, 4) is 0 Å². The molecular weight excluding hydrogens is 265 g/mol. The van der Waals surface area contributed by atoms with Crippen LogP contribution in [0.15, 0.2) is 18.2 Å². The number of aliphatic hydroxyl groups excluding tert-OH is 1. The molecule has 2 N–H and O–H groups in total. The molecular formula is C11H11ClFNO4. The minimum absolute atomic E-state index is 0.0729. The Balaban J connectivity index is 2.81. The normalized spacial score (nSPS) is 11.8. The first-order valence-corrected chi connectivity index (χ1v) is 5.32. The van der Waals surface area contributed by atoms with E-state index in [1.807, 2.05) is 0 Å². The van der Waals surface area contributed by atoms with Gasteiger partial charge in [-0.3, -0.25) is 4.79 Å². The van der Waals surface area contributed by atoms with Crippen LogP contribution in [0.5, 0.6) is 0 Å². The number of halogens is 2. The van der Waals surface area contributed by atoms with Crippen molar-refractivity contribution < 1.29 is 23.8 Å². The predicted octanol–water partition coefficient (Wildman–Crippen LogP) is 0.743. The molecule has 1 aromatic rings. The van der Waals surface area contributed by atoms with Gasteiger partial charge in [-0.25, -0.2) is 9.18 Å². The van der Waals surface area contributed by atoms with Crippen molar-refractivity contribution in [1.29, 1.82) is 0 Å². The van der Waals surface area contributed by atoms with Gasteiger partial charge >= 0.3 is 5.97 Å². The maximum Gasteiger partial charge on any atom is 0.330 e. The number of nitrogens with one attached hydrogen (secondary N) is 1. The van der Waals surface area contributed by atoms with E-state index in [-0.39, 0.29) is 10.6 Å². The molecule has 0 aliphatic rings. The number of ether oxygens (including phenoxy) is 1. The number of aliphatic hydroxyl groups is 1. The highest BCUT2D eigenvalue weighted by Gasteiger charge is 2.21. The molecule has 18 heavy (non-hydrogen) atoms. The first-order chi connectivity index (χ1) is 8.49. The van der Waals surface area contributed by atoms with E-state index >= 15 is 0 Å². The number of amides is 1. The van der Waals surface area contributed by atoms with Gasteiger partial charge in [0, 0.05) is 5.56 Å². The van der Waals surface area contributed by atoms with Crippen LogP contribution in [0, 0.1) is 5.82 Å². The maximum atomic E-state index is 12.9. The second-order valence-electron chi connectivity index (χ2n) is 3.36. The van der Waals surface area contributed by atoms with Crippen LogP contribution in [0.4, 0.5) is 4.39 Å². The summed E-state index contributed by atoms with van der Waals surface area (Å²) in [7, 11) is 1.13. The lowest BCUT2D eigenvalue weighted by Gasteiger charge is -2.13. The van der Waals surface area contributed by atoms with Gasteiger partial charge in [0.05, 0.1) is 18.7 Å². The molecule has 1 rings (SSSR count). The molecule has 1 amide bonds. The topological polar surface area (TPSA) is 75.6 Å². The van der Waals surface area contributed by atoms with Gasteiger partial charge in [-0.05, 0) is 18.2 Å². The SMILES string of the molecule is COC(=O)[C@H](CO)NC(=O)c1ccc(F)c(Cl)c1. The average molecular weight is 276 g/mol. The summed E-state index contributed by atoms with van der Waals surface area (Å²) in [5, 5.41) is 10.9. The maximum absolute atomic E-state index is 12.9. The van der Waals surface area contributed by atoms with Crippen LogP contribution in [-0.2, 0) is 9.53 Å². The van der Waals surface area contributed by atoms with Crippen molar-refractivity contribution in [2.45, 2.75) is 6.04 Å². The van der Waals surface area contributed by atoms with Crippen molar-refractivity contribution in [2.24, 2.45) is 0 Å². The van der Waals surface area contributed by atoms with E-state index < -0.39 is 30.3 Å². The molecule has 0 fully saturated rings. The molecule has 98 valence electrons. The van der Waals surface area contributed by atoms with E-state index in [1.54, 1.807) is 0 Å². The van der Waals surface area contributed by atoms with Crippen LogP contribution in [0.2, 0.25) is 5.02 Å². The number of hydrogen-bond donors (Lipinski definition) is 2. The molecule has 0 saturated carbocycles. The van der Waals surface area contributed by atoms with E-state index in [9.17, 15) is 14.0 Å². The Bertz CT molecular complexity index is 466. The molecule has 1 aromatic carbocycles. The van der Waals surface area contributed by atoms with Crippen molar-refractivity contribution in [3.05, 3.63) is 34.6 Å². The van der Waals surface area contributed by atoms with Gasteiger partial charge < -0.3 is 15.2 Å². The quantitative estimate of drug-likeness (QED) is 0.795. The van der Waals surface area contributed by atoms with Gasteiger partial charge in [0.25, 0.3) is 5.91 Å². The zero-order valence-corrected chi connectivity index (χ0v) is 10.2. The third-order valence-electron chi connectivity index (χ3n) is 2.16. The van der Waals surface area contributed by atoms with Gasteiger partial charge in [0.1, 0.15) is 5.82 Å². The third-order valence-corrected chi connectivity index (χ3v) is 2.45. The van der Waals surface area contributed by atoms with Gasteiger partial charge in [0.2, 0.25) is 0 Å². The molecule has 7 heteroatoms. The van der Waals surface area contributed by atoms with Crippen LogP contribution in [0.3, 0.4) is 0 Å². The van der Waals surface area contributed by atoms with E-state index in [0.29, 0.717) is 0 Å². The van der Waals surface area contributed by atoms with Crippen molar-refractivity contribution in [1.82, 2.24) is 5.32 Å². The van der Waals surface area contributed by atoms with Crippen LogP contribution in [0.25, 0.3) is 0 Å². The lowest BCUT2D eigenvalue weighted by atomic mass is 10.2. The largest absolute Gasteiger partial charge is 0.467 e. The van der Waals surface area contributed by atoms with Gasteiger partial charge in [0.15, 0.2) is 6.04 Å². The standard InChI is InChI=1S/C11H11ClFNO4/c1-18-11(17)9(5-15)14-10(16)6-2-3-8(13)7(12)4-6/h2-4,9,15H,5H2,1H3,(H,14,16)/t9-/m0/s1. The zero-order chi connectivity index (χ0) is 13.7. The molecule has 0 heterocycles. The highest BCUT2D eigenvalue weighted by molar-refractivity contribution is 6.31. The summed E-state index contributed by atoms with van der Waals surface area (Å²) < 4.78 is 17.3. The van der Waals surface area contributed by atoms with Crippen LogP contribution >= 0.6 is 11.6 Å². The molecule has 0 saturated heterocycles. The van der Waals surface area contributed by atoms with E-state index in [0.717, 1.165) is 19.2 Å². The fourth-order valence-electron chi connectivity index (χ4n) is 1.20. The Labute approximate surface area is 108 Å². The molecule has 0 spiro atoms. The minimum Gasteiger partial charge on any atom is -0.467 e. The minimum atomic E-state index is -1.17. The summed E-state index contributed by atoms with van der Waals surface area (Å²) in [5.74, 6) is -2.10. The van der Waals surface area contributed by atoms with E-state index in [1.165, 1.54) is 6.07 Å². The molecule has 0 aliphatic heterocycles. The van der Waals surface area contributed by atoms with Crippen molar-refractivity contribution in [3.63, 3.8) is 0 Å². The Morgan fingerprint density at radius 1 is 1.56 bits per heavy atom. The number of carbonyl (C=O) groups excluding carboxylic acids is 2. The molecule has 0 unspecified atom stereocenters. The summed E-state index contributed by atoms with van der Waals surface area (Å²) in [4.78, 5) is 22.8. The van der Waals surface area contributed by atoms with Crippen LogP contribution < -0.4 is 5.32 Å².